The average molecular weight is 1100 g/mol. The van der Waals surface area contributed by atoms with Crippen LogP contribution in [0, 0.1) is 0 Å². The molecule has 0 aliphatic carbocycles. The first-order valence-electron chi connectivity index (χ1n) is 29.3. The molecule has 0 bridgehead atoms. The third kappa shape index (κ3) is 10.7. The lowest BCUT2D eigenvalue weighted by molar-refractivity contribution is 1.26. The van der Waals surface area contributed by atoms with Crippen molar-refractivity contribution < 1.29 is 0 Å². The van der Waals surface area contributed by atoms with Gasteiger partial charge in [0.2, 0.25) is 0 Å². The molecule has 4 heteroatoms. The van der Waals surface area contributed by atoms with Gasteiger partial charge >= 0.3 is 0 Å². The van der Waals surface area contributed by atoms with Gasteiger partial charge in [-0.25, -0.2) is 0 Å². The molecule has 0 aliphatic rings. The van der Waals surface area contributed by atoms with E-state index in [2.05, 4.69) is 384 Å². The quantitative estimate of drug-likeness (QED) is 0.0894. The first-order chi connectivity index (χ1) is 42.7. The van der Waals surface area contributed by atoms with Crippen LogP contribution in [0.3, 0.4) is 0 Å². The Kier molecular flexibility index (Phi) is 14.8. The number of benzene rings is 14. The zero-order chi connectivity index (χ0) is 57.4. The Morgan fingerprint density at radius 1 is 0.151 bits per heavy atom. The van der Waals surface area contributed by atoms with Gasteiger partial charge in [0, 0.05) is 67.6 Å². The van der Waals surface area contributed by atoms with Gasteiger partial charge in [-0.1, -0.05) is 231 Å². The van der Waals surface area contributed by atoms with Crippen LogP contribution in [0.1, 0.15) is 22.3 Å². The van der Waals surface area contributed by atoms with Crippen LogP contribution in [0.4, 0.5) is 68.2 Å². The van der Waals surface area contributed by atoms with E-state index < -0.39 is 0 Å². The smallest absolute Gasteiger partial charge is 0.0540 e. The van der Waals surface area contributed by atoms with Crippen LogP contribution in [0.2, 0.25) is 0 Å². The van der Waals surface area contributed by atoms with Crippen LogP contribution in [0.25, 0.3) is 32.7 Å². The second kappa shape index (κ2) is 24.2. The van der Waals surface area contributed by atoms with Crippen LogP contribution in [0.5, 0.6) is 0 Å². The molecule has 0 amide bonds. The lowest BCUT2D eigenvalue weighted by Crippen LogP contribution is -2.12. The Hall–Kier alpha value is -11.5. The molecule has 408 valence electrons. The van der Waals surface area contributed by atoms with E-state index in [0.717, 1.165) is 102 Å². The van der Waals surface area contributed by atoms with Crippen molar-refractivity contribution >= 4 is 101 Å². The molecule has 0 aliphatic heterocycles. The van der Waals surface area contributed by atoms with Crippen molar-refractivity contribution in [1.29, 1.82) is 0 Å². The molecule has 14 aromatic rings. The minimum absolute atomic E-state index is 1.05. The van der Waals surface area contributed by atoms with Crippen molar-refractivity contribution in [1.82, 2.24) is 0 Å². The Morgan fingerprint density at radius 2 is 0.360 bits per heavy atom. The summed E-state index contributed by atoms with van der Waals surface area (Å²) in [5, 5.41) is 4.71. The monoisotopic (exact) mass is 1100 g/mol. The topological polar surface area (TPSA) is 13.0 Å². The van der Waals surface area contributed by atoms with Crippen molar-refractivity contribution in [2.45, 2.75) is 0 Å². The van der Waals surface area contributed by atoms with Crippen molar-refractivity contribution in [3.63, 3.8) is 0 Å². The van der Waals surface area contributed by atoms with E-state index in [9.17, 15) is 0 Å². The number of fused-ring (bicyclic) bond motifs is 2. The molecule has 0 saturated carbocycles. The maximum absolute atomic E-state index is 2.39. The fourth-order valence-corrected chi connectivity index (χ4v) is 12.0. The van der Waals surface area contributed by atoms with Crippen LogP contribution < -0.4 is 19.6 Å². The number of hydrogen-bond acceptors (Lipinski definition) is 4. The van der Waals surface area contributed by atoms with Gasteiger partial charge in [0.1, 0.15) is 0 Å². The molecule has 0 atom stereocenters. The molecule has 4 nitrogen and oxygen atoms in total. The van der Waals surface area contributed by atoms with Crippen molar-refractivity contribution in [3.05, 3.63) is 386 Å². The normalized spacial score (nSPS) is 11.4. The number of hydrogen-bond donors (Lipinski definition) is 0. The van der Waals surface area contributed by atoms with Crippen molar-refractivity contribution in [2.75, 3.05) is 19.6 Å². The highest BCUT2D eigenvalue weighted by Crippen LogP contribution is 2.46. The molecule has 0 heterocycles. The zero-order valence-corrected chi connectivity index (χ0v) is 47.4. The van der Waals surface area contributed by atoms with Gasteiger partial charge < -0.3 is 19.6 Å². The lowest BCUT2D eigenvalue weighted by atomic mass is 9.85. The molecule has 0 aromatic heterocycles. The number of para-hydroxylation sites is 4. The van der Waals surface area contributed by atoms with E-state index in [0.29, 0.717) is 0 Å². The summed E-state index contributed by atoms with van der Waals surface area (Å²) in [5.41, 5.74) is 19.7. The summed E-state index contributed by atoms with van der Waals surface area (Å²) in [6.45, 7) is 0. The van der Waals surface area contributed by atoms with Gasteiger partial charge in [-0.15, -0.1) is 0 Å². The molecule has 86 heavy (non-hydrogen) atoms. The van der Waals surface area contributed by atoms with Gasteiger partial charge in [-0.05, 0) is 178 Å². The summed E-state index contributed by atoms with van der Waals surface area (Å²) in [7, 11) is 0. The molecule has 0 radical (unpaired) electrons. The van der Waals surface area contributed by atoms with E-state index in [4.69, 9.17) is 0 Å². The number of anilines is 12. The lowest BCUT2D eigenvalue weighted by Gasteiger charge is -2.29. The van der Waals surface area contributed by atoms with E-state index in [1.807, 2.05) is 0 Å². The summed E-state index contributed by atoms with van der Waals surface area (Å²) in [5.74, 6) is 0. The van der Waals surface area contributed by atoms with E-state index in [1.54, 1.807) is 0 Å². The standard InChI is InChI=1S/C82H60N4/c1-7-27-63(28-8-1)81(65-45-49-73(50-46-65)85(79-43-23-31-61-25-19-21-41-77(61)79)75-57-53-71(54-58-75)83(67-33-11-3-12-34-67)68-35-13-4-14-36-68)82(64-29-9-2-10-30-64)66-47-51-74(52-48-66)86(80-44-24-32-62-26-20-22-42-78(62)80)76-59-55-72(56-60-76)84(69-37-15-5-16-38-69)70-39-17-6-18-40-70/h1-60H/b82-81+. The van der Waals surface area contributed by atoms with Crippen LogP contribution >= 0.6 is 0 Å². The average Bonchev–Trinajstić information content (AvgIpc) is 1.67. The third-order valence-corrected chi connectivity index (χ3v) is 16.0. The van der Waals surface area contributed by atoms with Gasteiger partial charge in [0.05, 0.1) is 11.4 Å². The maximum Gasteiger partial charge on any atom is 0.0540 e. The second-order valence-corrected chi connectivity index (χ2v) is 21.3. The first-order valence-corrected chi connectivity index (χ1v) is 29.3. The minimum atomic E-state index is 1.05. The summed E-state index contributed by atoms with van der Waals surface area (Å²) in [4.78, 5) is 9.41. The predicted molar refractivity (Wildman–Crippen MR) is 365 cm³/mol. The fourth-order valence-electron chi connectivity index (χ4n) is 12.0. The number of rotatable bonds is 16. The van der Waals surface area contributed by atoms with Crippen LogP contribution in [-0.2, 0) is 0 Å². The summed E-state index contributed by atoms with van der Waals surface area (Å²) in [6, 6.07) is 131. The zero-order valence-electron chi connectivity index (χ0n) is 47.4. The van der Waals surface area contributed by atoms with Crippen molar-refractivity contribution in [2.24, 2.45) is 0 Å². The Labute approximate surface area is 504 Å². The fraction of sp³-hybridized carbons (Fsp3) is 0. The Morgan fingerprint density at radius 3 is 0.663 bits per heavy atom. The molecular formula is C82H60N4. The Bertz CT molecular complexity index is 4190. The highest BCUT2D eigenvalue weighted by Gasteiger charge is 2.23. The summed E-state index contributed by atoms with van der Waals surface area (Å²) < 4.78 is 0. The van der Waals surface area contributed by atoms with Gasteiger partial charge in [0.15, 0.2) is 0 Å². The van der Waals surface area contributed by atoms with E-state index in [-0.39, 0.29) is 0 Å². The van der Waals surface area contributed by atoms with Crippen LogP contribution in [-0.4, -0.2) is 0 Å². The molecule has 0 spiro atoms. The molecule has 0 unspecified atom stereocenters. The Balaban J connectivity index is 0.884. The molecule has 14 aromatic carbocycles. The van der Waals surface area contributed by atoms with Crippen LogP contribution in [0.15, 0.2) is 364 Å². The molecular weight excluding hydrogens is 1040 g/mol. The van der Waals surface area contributed by atoms with E-state index >= 15 is 0 Å². The highest BCUT2D eigenvalue weighted by molar-refractivity contribution is 6.06. The SMILES string of the molecule is c1ccc(/C(=C(/c2ccccc2)c2ccc(N(c3ccc(N(c4ccccc4)c4ccccc4)cc3)c3cccc4ccccc34)cc2)c2ccc(N(c3ccc(N(c4ccccc4)c4ccccc4)cc3)c3cccc4ccccc34)cc2)cc1. The largest absolute Gasteiger partial charge is 0.311 e. The van der Waals surface area contributed by atoms with Gasteiger partial charge in [0.25, 0.3) is 0 Å². The number of nitrogens with zero attached hydrogens (tertiary/aromatic N) is 4. The molecule has 0 saturated heterocycles. The molecule has 0 fully saturated rings. The minimum Gasteiger partial charge on any atom is -0.311 e. The predicted octanol–water partition coefficient (Wildman–Crippen LogP) is 22.9. The summed E-state index contributed by atoms with van der Waals surface area (Å²) in [6.07, 6.45) is 0. The highest BCUT2D eigenvalue weighted by atomic mass is 15.2. The maximum atomic E-state index is 2.39. The summed E-state index contributed by atoms with van der Waals surface area (Å²) >= 11 is 0. The first kappa shape index (κ1) is 52.6. The molecule has 0 N–H and O–H groups in total. The van der Waals surface area contributed by atoms with Gasteiger partial charge in [-0.2, -0.15) is 0 Å². The second-order valence-electron chi connectivity index (χ2n) is 21.3. The molecule has 14 rings (SSSR count). The van der Waals surface area contributed by atoms with Crippen molar-refractivity contribution in [3.8, 4) is 0 Å². The van der Waals surface area contributed by atoms with E-state index in [1.165, 1.54) is 21.5 Å². The van der Waals surface area contributed by atoms with Gasteiger partial charge in [-0.3, -0.25) is 0 Å². The third-order valence-electron chi connectivity index (χ3n) is 16.0.